The number of aryl methyl sites for hydroxylation is 2. The van der Waals surface area contributed by atoms with Crippen molar-refractivity contribution in [1.29, 1.82) is 0 Å². The van der Waals surface area contributed by atoms with Gasteiger partial charge in [0.2, 0.25) is 5.89 Å². The first-order valence-corrected chi connectivity index (χ1v) is 7.38. The van der Waals surface area contributed by atoms with Crippen LogP contribution in [0, 0.1) is 6.92 Å². The van der Waals surface area contributed by atoms with Crippen LogP contribution in [0.15, 0.2) is 40.9 Å². The fourth-order valence-electron chi connectivity index (χ4n) is 2.35. The molecule has 0 bridgehead atoms. The van der Waals surface area contributed by atoms with Crippen molar-refractivity contribution < 1.29 is 13.9 Å². The van der Waals surface area contributed by atoms with Gasteiger partial charge in [0.15, 0.2) is 23.5 Å². The SMILES string of the molecule is CCn1nc(C)c(OCc2ccccc2)c1-c1ncc(C=O)o1. The molecule has 0 radical (unpaired) electrons. The average molecular weight is 311 g/mol. The van der Waals surface area contributed by atoms with Crippen molar-refractivity contribution in [2.75, 3.05) is 0 Å². The minimum Gasteiger partial charge on any atom is -0.484 e. The summed E-state index contributed by atoms with van der Waals surface area (Å²) in [6.07, 6.45) is 2.02. The highest BCUT2D eigenvalue weighted by atomic mass is 16.5. The van der Waals surface area contributed by atoms with Crippen molar-refractivity contribution in [2.45, 2.75) is 27.0 Å². The average Bonchev–Trinajstić information content (AvgIpc) is 3.17. The van der Waals surface area contributed by atoms with Crippen molar-refractivity contribution in [1.82, 2.24) is 14.8 Å². The second-order valence-corrected chi connectivity index (χ2v) is 5.04. The van der Waals surface area contributed by atoms with Crippen molar-refractivity contribution >= 4 is 6.29 Å². The maximum atomic E-state index is 10.8. The Bertz CT molecular complexity index is 806. The summed E-state index contributed by atoms with van der Waals surface area (Å²) in [7, 11) is 0. The Morgan fingerprint density at radius 1 is 1.30 bits per heavy atom. The Morgan fingerprint density at radius 3 is 2.74 bits per heavy atom. The fourth-order valence-corrected chi connectivity index (χ4v) is 2.35. The van der Waals surface area contributed by atoms with Crippen molar-refractivity contribution in [3.8, 4) is 17.3 Å². The number of aldehydes is 1. The molecule has 0 saturated carbocycles. The number of hydrogen-bond donors (Lipinski definition) is 0. The summed E-state index contributed by atoms with van der Waals surface area (Å²) in [5, 5.41) is 4.46. The molecule has 0 aliphatic carbocycles. The Hall–Kier alpha value is -2.89. The molecule has 6 heteroatoms. The predicted octanol–water partition coefficient (Wildman–Crippen LogP) is 3.26. The van der Waals surface area contributed by atoms with Crippen LogP contribution in [-0.4, -0.2) is 21.1 Å². The van der Waals surface area contributed by atoms with Gasteiger partial charge in [-0.2, -0.15) is 5.10 Å². The molecule has 3 aromatic rings. The van der Waals surface area contributed by atoms with Gasteiger partial charge < -0.3 is 9.15 Å². The first-order valence-electron chi connectivity index (χ1n) is 7.38. The van der Waals surface area contributed by atoms with Crippen LogP contribution in [0.3, 0.4) is 0 Å². The maximum absolute atomic E-state index is 10.8. The lowest BCUT2D eigenvalue weighted by atomic mass is 10.2. The van der Waals surface area contributed by atoms with E-state index in [9.17, 15) is 4.79 Å². The second kappa shape index (κ2) is 6.48. The van der Waals surface area contributed by atoms with E-state index in [0.717, 1.165) is 11.3 Å². The van der Waals surface area contributed by atoms with Crippen molar-refractivity contribution in [3.63, 3.8) is 0 Å². The van der Waals surface area contributed by atoms with Gasteiger partial charge in [0.25, 0.3) is 0 Å². The minimum atomic E-state index is 0.176. The summed E-state index contributed by atoms with van der Waals surface area (Å²) in [6.45, 7) is 4.91. The highest BCUT2D eigenvalue weighted by Gasteiger charge is 2.22. The maximum Gasteiger partial charge on any atom is 0.249 e. The molecule has 3 rings (SSSR count). The summed E-state index contributed by atoms with van der Waals surface area (Å²) in [5.41, 5.74) is 2.46. The van der Waals surface area contributed by atoms with Crippen LogP contribution in [-0.2, 0) is 13.2 Å². The first kappa shape index (κ1) is 15.0. The van der Waals surface area contributed by atoms with Gasteiger partial charge in [-0.25, -0.2) is 4.98 Å². The van der Waals surface area contributed by atoms with Gasteiger partial charge in [-0.1, -0.05) is 30.3 Å². The first-order chi connectivity index (χ1) is 11.2. The van der Waals surface area contributed by atoms with E-state index < -0.39 is 0 Å². The molecular weight excluding hydrogens is 294 g/mol. The Balaban J connectivity index is 1.95. The van der Waals surface area contributed by atoms with Gasteiger partial charge in [0.05, 0.1) is 6.20 Å². The number of benzene rings is 1. The Labute approximate surface area is 133 Å². The van der Waals surface area contributed by atoms with Crippen LogP contribution in [0.2, 0.25) is 0 Å². The van der Waals surface area contributed by atoms with E-state index in [2.05, 4.69) is 10.1 Å². The normalized spacial score (nSPS) is 10.7. The van der Waals surface area contributed by atoms with Gasteiger partial charge in [0.1, 0.15) is 12.3 Å². The van der Waals surface area contributed by atoms with Crippen LogP contribution in [0.4, 0.5) is 0 Å². The number of nitrogens with zero attached hydrogens (tertiary/aromatic N) is 3. The molecule has 2 heterocycles. The van der Waals surface area contributed by atoms with E-state index in [1.165, 1.54) is 6.20 Å². The third-order valence-corrected chi connectivity index (χ3v) is 3.44. The van der Waals surface area contributed by atoms with Crippen LogP contribution < -0.4 is 4.74 Å². The topological polar surface area (TPSA) is 70.2 Å². The molecule has 6 nitrogen and oxygen atoms in total. The Kier molecular flexibility index (Phi) is 4.23. The molecule has 0 atom stereocenters. The summed E-state index contributed by atoms with van der Waals surface area (Å²) in [4.78, 5) is 15.0. The van der Waals surface area contributed by atoms with E-state index >= 15 is 0 Å². The van der Waals surface area contributed by atoms with Crippen LogP contribution in [0.25, 0.3) is 11.6 Å². The number of carbonyl (C=O) groups is 1. The Morgan fingerprint density at radius 2 is 2.09 bits per heavy atom. The number of ether oxygens (including phenoxy) is 1. The number of hydrogen-bond acceptors (Lipinski definition) is 5. The molecule has 0 fully saturated rings. The second-order valence-electron chi connectivity index (χ2n) is 5.04. The monoisotopic (exact) mass is 311 g/mol. The lowest BCUT2D eigenvalue weighted by Crippen LogP contribution is -2.01. The number of rotatable bonds is 6. The van der Waals surface area contributed by atoms with Crippen LogP contribution in [0.1, 0.15) is 28.7 Å². The number of aromatic nitrogens is 3. The third kappa shape index (κ3) is 3.01. The predicted molar refractivity (Wildman–Crippen MR) is 84.3 cm³/mol. The lowest BCUT2D eigenvalue weighted by molar-refractivity contribution is 0.110. The van der Waals surface area contributed by atoms with Gasteiger partial charge in [-0.3, -0.25) is 9.48 Å². The van der Waals surface area contributed by atoms with E-state index in [4.69, 9.17) is 9.15 Å². The van der Waals surface area contributed by atoms with Crippen LogP contribution in [0.5, 0.6) is 5.75 Å². The number of oxazole rings is 1. The van der Waals surface area contributed by atoms with Crippen LogP contribution >= 0.6 is 0 Å². The molecule has 0 aliphatic heterocycles. The van der Waals surface area contributed by atoms with Gasteiger partial charge in [-0.15, -0.1) is 0 Å². The van der Waals surface area contributed by atoms with Gasteiger partial charge in [-0.05, 0) is 19.4 Å². The zero-order valence-corrected chi connectivity index (χ0v) is 13.0. The molecule has 0 spiro atoms. The van der Waals surface area contributed by atoms with Crippen molar-refractivity contribution in [3.05, 3.63) is 53.5 Å². The minimum absolute atomic E-state index is 0.176. The molecular formula is C17H17N3O3. The summed E-state index contributed by atoms with van der Waals surface area (Å²) in [5.74, 6) is 1.13. The zero-order valence-electron chi connectivity index (χ0n) is 13.0. The molecule has 0 amide bonds. The third-order valence-electron chi connectivity index (χ3n) is 3.44. The number of carbonyl (C=O) groups excluding carboxylic acids is 1. The lowest BCUT2D eigenvalue weighted by Gasteiger charge is -2.07. The largest absolute Gasteiger partial charge is 0.484 e. The molecule has 2 aromatic heterocycles. The fraction of sp³-hybridized carbons (Fsp3) is 0.235. The zero-order chi connectivity index (χ0) is 16.2. The smallest absolute Gasteiger partial charge is 0.249 e. The van der Waals surface area contributed by atoms with E-state index in [1.807, 2.05) is 44.2 Å². The molecule has 0 N–H and O–H groups in total. The molecule has 0 aliphatic rings. The molecule has 0 saturated heterocycles. The van der Waals surface area contributed by atoms with E-state index in [1.54, 1.807) is 4.68 Å². The highest BCUT2D eigenvalue weighted by molar-refractivity contribution is 5.71. The summed E-state index contributed by atoms with van der Waals surface area (Å²) >= 11 is 0. The molecule has 23 heavy (non-hydrogen) atoms. The van der Waals surface area contributed by atoms with Crippen molar-refractivity contribution in [2.24, 2.45) is 0 Å². The van der Waals surface area contributed by atoms with E-state index in [0.29, 0.717) is 36.8 Å². The molecule has 118 valence electrons. The highest BCUT2D eigenvalue weighted by Crippen LogP contribution is 2.33. The standard InChI is InChI=1S/C17H17N3O3/c1-3-20-15(17-18-9-14(10-21)23-17)16(12(2)19-20)22-11-13-7-5-4-6-8-13/h4-10H,3,11H2,1-2H3. The van der Waals surface area contributed by atoms with Gasteiger partial charge in [0, 0.05) is 6.54 Å². The quantitative estimate of drug-likeness (QED) is 0.653. The molecule has 1 aromatic carbocycles. The van der Waals surface area contributed by atoms with Gasteiger partial charge >= 0.3 is 0 Å². The molecule has 0 unspecified atom stereocenters. The summed E-state index contributed by atoms with van der Waals surface area (Å²) < 4.78 is 13.2. The van der Waals surface area contributed by atoms with E-state index in [-0.39, 0.29) is 5.76 Å². The summed E-state index contributed by atoms with van der Waals surface area (Å²) in [6, 6.07) is 9.88.